The molecule has 0 aromatic carbocycles. The summed E-state index contributed by atoms with van der Waals surface area (Å²) in [6.07, 6.45) is 87.7. The number of carbonyl (C=O) groups excluding carboxylic acids is 3. The Bertz CT molecular complexity index is 1450. The van der Waals surface area contributed by atoms with Crippen molar-refractivity contribution >= 4 is 17.9 Å². The lowest BCUT2D eigenvalue weighted by Gasteiger charge is -2.18. The number of esters is 3. The van der Waals surface area contributed by atoms with Crippen LogP contribution >= 0.6 is 0 Å². The molecule has 0 amide bonds. The summed E-state index contributed by atoms with van der Waals surface area (Å²) in [7, 11) is 0. The lowest BCUT2D eigenvalue weighted by molar-refractivity contribution is -0.167. The molecule has 0 aromatic heterocycles. The van der Waals surface area contributed by atoms with Crippen LogP contribution in [0.4, 0.5) is 0 Å². The Labute approximate surface area is 491 Å². The molecule has 0 fully saturated rings. The second-order valence-corrected chi connectivity index (χ2v) is 23.1. The fourth-order valence-corrected chi connectivity index (χ4v) is 10.1. The molecule has 0 aliphatic rings. The van der Waals surface area contributed by atoms with Gasteiger partial charge in [0.2, 0.25) is 0 Å². The van der Waals surface area contributed by atoms with E-state index < -0.39 is 6.10 Å². The van der Waals surface area contributed by atoms with Gasteiger partial charge in [0.15, 0.2) is 6.10 Å². The molecule has 0 radical (unpaired) electrons. The molecular formula is C73H130O6. The average Bonchev–Trinajstić information content (AvgIpc) is 3.45. The van der Waals surface area contributed by atoms with Crippen molar-refractivity contribution < 1.29 is 28.6 Å². The molecule has 0 aliphatic carbocycles. The topological polar surface area (TPSA) is 78.9 Å². The van der Waals surface area contributed by atoms with E-state index in [1.54, 1.807) is 0 Å². The third-order valence-electron chi connectivity index (χ3n) is 15.2. The number of carbonyl (C=O) groups is 3. The van der Waals surface area contributed by atoms with Crippen molar-refractivity contribution in [2.24, 2.45) is 0 Å². The normalized spacial score (nSPS) is 12.5. The molecule has 1 unspecified atom stereocenters. The standard InChI is InChI=1S/C73H130O6/c1-4-7-10-13-16-19-22-25-28-30-32-34-35-36-37-38-39-40-42-43-45-48-51-54-57-60-63-66-72(75)78-69-70(68-77-71(74)65-62-59-56-53-50-47-27-24-21-18-15-12-9-6-3)79-73(76)67-64-61-58-55-52-49-46-44-41-33-31-29-26-23-20-17-14-11-8-5-2/h7,10,16,19,25,28,32,34,36-37,39-40,70H,4-6,8-9,11-15,17-18,20-24,26-27,29-31,33,35,38,41-69H2,1-3H3/b10-7-,19-16-,28-25-,34-32-,37-36-,40-39-. The van der Waals surface area contributed by atoms with Gasteiger partial charge in [-0.15, -0.1) is 0 Å². The van der Waals surface area contributed by atoms with Crippen LogP contribution in [0.15, 0.2) is 72.9 Å². The van der Waals surface area contributed by atoms with Crippen molar-refractivity contribution in [3.63, 3.8) is 0 Å². The lowest BCUT2D eigenvalue weighted by Crippen LogP contribution is -2.30. The van der Waals surface area contributed by atoms with Crippen LogP contribution in [0.3, 0.4) is 0 Å². The Balaban J connectivity index is 4.30. The summed E-state index contributed by atoms with van der Waals surface area (Å²) < 4.78 is 17.0. The summed E-state index contributed by atoms with van der Waals surface area (Å²) >= 11 is 0. The largest absolute Gasteiger partial charge is 0.462 e. The summed E-state index contributed by atoms with van der Waals surface area (Å²) in [6, 6.07) is 0. The van der Waals surface area contributed by atoms with Gasteiger partial charge in [-0.25, -0.2) is 0 Å². The summed E-state index contributed by atoms with van der Waals surface area (Å²) in [5.41, 5.74) is 0. The van der Waals surface area contributed by atoms with Crippen molar-refractivity contribution in [1.29, 1.82) is 0 Å². The maximum absolute atomic E-state index is 12.9. The average molecular weight is 1100 g/mol. The number of unbranched alkanes of at least 4 members (excludes halogenated alkanes) is 40. The van der Waals surface area contributed by atoms with Crippen LogP contribution < -0.4 is 0 Å². The molecule has 0 aromatic rings. The number of hydrogen-bond donors (Lipinski definition) is 0. The molecule has 0 rings (SSSR count). The quantitative estimate of drug-likeness (QED) is 0.0261. The highest BCUT2D eigenvalue weighted by Crippen LogP contribution is 2.18. The number of rotatable bonds is 63. The van der Waals surface area contributed by atoms with Crippen molar-refractivity contribution in [1.82, 2.24) is 0 Å². The SMILES string of the molecule is CC/C=C\C/C=C\C/C=C\C/C=C\C/C=C\C/C=C\CCCCCCCCCCC(=O)OCC(COC(=O)CCCCCCCCCCCCCCCC)OC(=O)CCCCCCCCCCCCCCCCCCCCCC. The third-order valence-corrected chi connectivity index (χ3v) is 15.2. The first kappa shape index (κ1) is 75.8. The Morgan fingerprint density at radius 2 is 0.494 bits per heavy atom. The van der Waals surface area contributed by atoms with Gasteiger partial charge in [-0.1, -0.05) is 338 Å². The van der Waals surface area contributed by atoms with Crippen LogP contribution in [0.25, 0.3) is 0 Å². The first-order chi connectivity index (χ1) is 39.0. The monoisotopic (exact) mass is 1100 g/mol. The van der Waals surface area contributed by atoms with Gasteiger partial charge in [0, 0.05) is 19.3 Å². The second kappa shape index (κ2) is 67.4. The molecule has 0 bridgehead atoms. The van der Waals surface area contributed by atoms with E-state index in [-0.39, 0.29) is 31.1 Å². The molecule has 1 atom stereocenters. The highest BCUT2D eigenvalue weighted by Gasteiger charge is 2.19. The number of allylic oxidation sites excluding steroid dienone is 12. The van der Waals surface area contributed by atoms with Crippen molar-refractivity contribution in [2.45, 2.75) is 361 Å². The van der Waals surface area contributed by atoms with Gasteiger partial charge in [-0.05, 0) is 70.6 Å². The molecule has 0 saturated carbocycles. The lowest BCUT2D eigenvalue weighted by atomic mass is 10.0. The van der Waals surface area contributed by atoms with Crippen LogP contribution in [-0.4, -0.2) is 37.2 Å². The summed E-state index contributed by atoms with van der Waals surface area (Å²) in [6.45, 7) is 6.58. The second-order valence-electron chi connectivity index (χ2n) is 23.1. The molecule has 6 nitrogen and oxygen atoms in total. The van der Waals surface area contributed by atoms with E-state index in [0.29, 0.717) is 19.3 Å². The summed E-state index contributed by atoms with van der Waals surface area (Å²) in [5, 5.41) is 0. The van der Waals surface area contributed by atoms with E-state index in [2.05, 4.69) is 93.7 Å². The van der Waals surface area contributed by atoms with Crippen LogP contribution in [0.1, 0.15) is 355 Å². The highest BCUT2D eigenvalue weighted by atomic mass is 16.6. The predicted octanol–water partition coefficient (Wildman–Crippen LogP) is 23.7. The molecular weight excluding hydrogens is 973 g/mol. The zero-order valence-corrected chi connectivity index (χ0v) is 52.6. The van der Waals surface area contributed by atoms with Gasteiger partial charge in [0.05, 0.1) is 0 Å². The van der Waals surface area contributed by atoms with Gasteiger partial charge in [0.25, 0.3) is 0 Å². The van der Waals surface area contributed by atoms with Gasteiger partial charge in [-0.2, -0.15) is 0 Å². The van der Waals surface area contributed by atoms with Crippen LogP contribution in [0.5, 0.6) is 0 Å². The van der Waals surface area contributed by atoms with Crippen molar-refractivity contribution in [2.75, 3.05) is 13.2 Å². The van der Waals surface area contributed by atoms with E-state index in [9.17, 15) is 14.4 Å². The molecule has 0 N–H and O–H groups in total. The minimum atomic E-state index is -0.777. The molecule has 0 spiro atoms. The van der Waals surface area contributed by atoms with Crippen LogP contribution in [0, 0.1) is 0 Å². The molecule has 0 aliphatic heterocycles. The van der Waals surface area contributed by atoms with Gasteiger partial charge >= 0.3 is 17.9 Å². The van der Waals surface area contributed by atoms with Gasteiger partial charge in [0.1, 0.15) is 13.2 Å². The van der Waals surface area contributed by atoms with E-state index in [1.807, 2.05) is 0 Å². The highest BCUT2D eigenvalue weighted by molar-refractivity contribution is 5.71. The van der Waals surface area contributed by atoms with Crippen molar-refractivity contribution in [3.05, 3.63) is 72.9 Å². The molecule has 0 heterocycles. The Morgan fingerprint density at radius 3 is 0.772 bits per heavy atom. The smallest absolute Gasteiger partial charge is 0.306 e. The number of hydrogen-bond acceptors (Lipinski definition) is 6. The van der Waals surface area contributed by atoms with E-state index >= 15 is 0 Å². The van der Waals surface area contributed by atoms with Gasteiger partial charge in [-0.3, -0.25) is 14.4 Å². The third kappa shape index (κ3) is 65.5. The first-order valence-corrected chi connectivity index (χ1v) is 34.4. The molecule has 458 valence electrons. The number of ether oxygens (including phenoxy) is 3. The Kier molecular flexibility index (Phi) is 64.7. The Hall–Kier alpha value is -3.15. The summed E-state index contributed by atoms with van der Waals surface area (Å²) in [5.74, 6) is -0.858. The van der Waals surface area contributed by atoms with E-state index in [0.717, 1.165) is 103 Å². The maximum Gasteiger partial charge on any atom is 0.306 e. The van der Waals surface area contributed by atoms with E-state index in [4.69, 9.17) is 14.2 Å². The van der Waals surface area contributed by atoms with Crippen LogP contribution in [-0.2, 0) is 28.6 Å². The fraction of sp³-hybridized carbons (Fsp3) is 0.795. The van der Waals surface area contributed by atoms with E-state index in [1.165, 1.54) is 212 Å². The van der Waals surface area contributed by atoms with Gasteiger partial charge < -0.3 is 14.2 Å². The zero-order chi connectivity index (χ0) is 57.1. The predicted molar refractivity (Wildman–Crippen MR) is 344 cm³/mol. The first-order valence-electron chi connectivity index (χ1n) is 34.4. The van der Waals surface area contributed by atoms with Crippen molar-refractivity contribution in [3.8, 4) is 0 Å². The Morgan fingerprint density at radius 1 is 0.266 bits per heavy atom. The minimum absolute atomic E-state index is 0.0723. The molecule has 0 saturated heterocycles. The maximum atomic E-state index is 12.9. The zero-order valence-electron chi connectivity index (χ0n) is 52.6. The summed E-state index contributed by atoms with van der Waals surface area (Å²) in [4.78, 5) is 38.4. The van der Waals surface area contributed by atoms with Crippen LogP contribution in [0.2, 0.25) is 0 Å². The molecule has 6 heteroatoms. The minimum Gasteiger partial charge on any atom is -0.462 e. The fourth-order valence-electron chi connectivity index (χ4n) is 10.1. The molecule has 79 heavy (non-hydrogen) atoms.